The first-order valence-corrected chi connectivity index (χ1v) is 6.02. The number of ether oxygens (including phenoxy) is 1. The van der Waals surface area contributed by atoms with Crippen LogP contribution in [0.15, 0.2) is 0 Å². The van der Waals surface area contributed by atoms with Crippen molar-refractivity contribution in [2.45, 2.75) is 25.7 Å². The normalized spacial score (nSPS) is 20.5. The van der Waals surface area contributed by atoms with Gasteiger partial charge in [-0.2, -0.15) is 0 Å². The second kappa shape index (κ2) is 8.36. The third-order valence-corrected chi connectivity index (χ3v) is 2.69. The number of halogens is 2. The van der Waals surface area contributed by atoms with E-state index in [0.29, 0.717) is 18.9 Å². The number of carbonyl (C=O) groups is 1. The van der Waals surface area contributed by atoms with Gasteiger partial charge in [-0.05, 0) is 31.8 Å². The highest BCUT2D eigenvalue weighted by atomic mass is 19.3. The smallest absolute Gasteiger partial charge is 0.261 e. The van der Waals surface area contributed by atoms with E-state index in [1.807, 2.05) is 0 Å². The van der Waals surface area contributed by atoms with Gasteiger partial charge in [-0.25, -0.2) is 8.78 Å². The molecule has 1 atom stereocenters. The lowest BCUT2D eigenvalue weighted by atomic mass is 9.96. The molecule has 17 heavy (non-hydrogen) atoms. The summed E-state index contributed by atoms with van der Waals surface area (Å²) in [6.07, 6.45) is 0.235. The molecule has 0 aliphatic carbocycles. The zero-order valence-electron chi connectivity index (χ0n) is 9.88. The van der Waals surface area contributed by atoms with Crippen molar-refractivity contribution in [2.75, 3.05) is 32.8 Å². The highest BCUT2D eigenvalue weighted by Gasteiger charge is 2.16. The predicted molar refractivity (Wildman–Crippen MR) is 60.0 cm³/mol. The lowest BCUT2D eigenvalue weighted by Crippen LogP contribution is -2.35. The first kappa shape index (κ1) is 14.3. The number of rotatable bonds is 7. The quantitative estimate of drug-likeness (QED) is 0.656. The van der Waals surface area contributed by atoms with Crippen LogP contribution in [-0.2, 0) is 9.53 Å². The van der Waals surface area contributed by atoms with Crippen LogP contribution in [0.5, 0.6) is 0 Å². The molecule has 0 bridgehead atoms. The number of carbonyl (C=O) groups excluding carboxylic acids is 1. The molecule has 1 amide bonds. The van der Waals surface area contributed by atoms with E-state index in [9.17, 15) is 13.6 Å². The van der Waals surface area contributed by atoms with Gasteiger partial charge in [0.2, 0.25) is 5.91 Å². The Balaban J connectivity index is 1.97. The highest BCUT2D eigenvalue weighted by molar-refractivity contribution is 5.76. The van der Waals surface area contributed by atoms with E-state index in [0.717, 1.165) is 25.9 Å². The monoisotopic (exact) mass is 250 g/mol. The SMILES string of the molecule is O=C(CC1CCCNC1)NCCOCC(F)F. The molecule has 1 rings (SSSR count). The van der Waals surface area contributed by atoms with E-state index in [-0.39, 0.29) is 12.5 Å². The summed E-state index contributed by atoms with van der Waals surface area (Å²) in [5.74, 6) is 0.366. The molecule has 1 fully saturated rings. The number of alkyl halides is 2. The van der Waals surface area contributed by atoms with E-state index >= 15 is 0 Å². The van der Waals surface area contributed by atoms with Crippen molar-refractivity contribution in [1.29, 1.82) is 0 Å². The maximum atomic E-state index is 11.7. The van der Waals surface area contributed by atoms with E-state index in [1.54, 1.807) is 0 Å². The molecule has 1 aliphatic heterocycles. The predicted octanol–water partition coefficient (Wildman–Crippen LogP) is 0.774. The molecular weight excluding hydrogens is 230 g/mol. The van der Waals surface area contributed by atoms with Gasteiger partial charge < -0.3 is 15.4 Å². The molecule has 0 aromatic rings. The van der Waals surface area contributed by atoms with Gasteiger partial charge >= 0.3 is 0 Å². The van der Waals surface area contributed by atoms with E-state index in [1.165, 1.54) is 0 Å². The van der Waals surface area contributed by atoms with E-state index < -0.39 is 13.0 Å². The molecule has 2 N–H and O–H groups in total. The first-order chi connectivity index (χ1) is 8.18. The standard InChI is InChI=1S/C11H20F2N2O2/c12-10(13)8-17-5-4-15-11(16)6-9-2-1-3-14-7-9/h9-10,14H,1-8H2,(H,15,16). The Bertz CT molecular complexity index is 222. The Labute approximate surface area is 100 Å². The van der Waals surface area contributed by atoms with Crippen LogP contribution in [0.2, 0.25) is 0 Å². The largest absolute Gasteiger partial charge is 0.374 e. The van der Waals surface area contributed by atoms with Crippen LogP contribution in [0.3, 0.4) is 0 Å². The molecule has 1 aliphatic rings. The summed E-state index contributed by atoms with van der Waals surface area (Å²) in [7, 11) is 0. The summed E-state index contributed by atoms with van der Waals surface area (Å²) < 4.78 is 28.1. The average Bonchev–Trinajstić information content (AvgIpc) is 2.29. The van der Waals surface area contributed by atoms with Gasteiger partial charge in [0.1, 0.15) is 6.61 Å². The molecule has 1 saturated heterocycles. The molecule has 0 radical (unpaired) electrons. The number of nitrogens with one attached hydrogen (secondary N) is 2. The van der Waals surface area contributed by atoms with Gasteiger partial charge in [0.25, 0.3) is 6.43 Å². The van der Waals surface area contributed by atoms with Crippen LogP contribution in [-0.4, -0.2) is 45.2 Å². The number of amides is 1. The third-order valence-electron chi connectivity index (χ3n) is 2.69. The van der Waals surface area contributed by atoms with Gasteiger partial charge in [0, 0.05) is 13.0 Å². The maximum Gasteiger partial charge on any atom is 0.261 e. The van der Waals surface area contributed by atoms with Crippen molar-refractivity contribution in [3.8, 4) is 0 Å². The lowest BCUT2D eigenvalue weighted by Gasteiger charge is -2.22. The summed E-state index contributed by atoms with van der Waals surface area (Å²) in [6.45, 7) is 1.78. The van der Waals surface area contributed by atoms with Crippen LogP contribution >= 0.6 is 0 Å². The summed E-state index contributed by atoms with van der Waals surface area (Å²) in [5.41, 5.74) is 0. The Hall–Kier alpha value is -0.750. The topological polar surface area (TPSA) is 50.4 Å². The van der Waals surface area contributed by atoms with E-state index in [4.69, 9.17) is 0 Å². The van der Waals surface area contributed by atoms with E-state index in [2.05, 4.69) is 15.4 Å². The number of hydrogen-bond acceptors (Lipinski definition) is 3. The summed E-state index contributed by atoms with van der Waals surface area (Å²) in [5, 5.41) is 5.91. The molecular formula is C11H20F2N2O2. The second-order valence-electron chi connectivity index (χ2n) is 4.23. The Morgan fingerprint density at radius 2 is 2.35 bits per heavy atom. The van der Waals surface area contributed by atoms with Crippen LogP contribution in [0.25, 0.3) is 0 Å². The van der Waals surface area contributed by atoms with Crippen LogP contribution in [0.4, 0.5) is 8.78 Å². The lowest BCUT2D eigenvalue weighted by molar-refractivity contribution is -0.122. The molecule has 100 valence electrons. The molecule has 1 heterocycles. The third kappa shape index (κ3) is 7.23. The molecule has 4 nitrogen and oxygen atoms in total. The first-order valence-electron chi connectivity index (χ1n) is 6.02. The minimum atomic E-state index is -2.45. The number of hydrogen-bond donors (Lipinski definition) is 2. The van der Waals surface area contributed by atoms with Crippen LogP contribution in [0, 0.1) is 5.92 Å². The fourth-order valence-electron chi connectivity index (χ4n) is 1.87. The van der Waals surface area contributed by atoms with Crippen LogP contribution in [0.1, 0.15) is 19.3 Å². The van der Waals surface area contributed by atoms with Gasteiger partial charge in [-0.3, -0.25) is 4.79 Å². The van der Waals surface area contributed by atoms with Crippen molar-refractivity contribution < 1.29 is 18.3 Å². The minimum Gasteiger partial charge on any atom is -0.374 e. The van der Waals surface area contributed by atoms with Crippen molar-refractivity contribution >= 4 is 5.91 Å². The zero-order chi connectivity index (χ0) is 12.5. The van der Waals surface area contributed by atoms with Gasteiger partial charge in [-0.1, -0.05) is 0 Å². The van der Waals surface area contributed by atoms with Crippen LogP contribution < -0.4 is 10.6 Å². The summed E-state index contributed by atoms with van der Waals surface area (Å²) in [4.78, 5) is 11.5. The van der Waals surface area contributed by atoms with Gasteiger partial charge in [-0.15, -0.1) is 0 Å². The minimum absolute atomic E-state index is 0.0284. The average molecular weight is 250 g/mol. The Morgan fingerprint density at radius 3 is 3.00 bits per heavy atom. The molecule has 6 heteroatoms. The molecule has 0 saturated carbocycles. The molecule has 0 aromatic heterocycles. The van der Waals surface area contributed by atoms with Crippen molar-refractivity contribution in [3.05, 3.63) is 0 Å². The second-order valence-corrected chi connectivity index (χ2v) is 4.23. The Morgan fingerprint density at radius 1 is 1.53 bits per heavy atom. The Kier molecular flexibility index (Phi) is 7.04. The van der Waals surface area contributed by atoms with Gasteiger partial charge in [0.15, 0.2) is 0 Å². The summed E-state index contributed by atoms with van der Waals surface area (Å²) >= 11 is 0. The van der Waals surface area contributed by atoms with Crippen molar-refractivity contribution in [3.63, 3.8) is 0 Å². The van der Waals surface area contributed by atoms with Crippen molar-refractivity contribution in [1.82, 2.24) is 10.6 Å². The summed E-state index contributed by atoms with van der Waals surface area (Å²) in [6, 6.07) is 0. The number of piperidine rings is 1. The highest BCUT2D eigenvalue weighted by Crippen LogP contribution is 2.13. The zero-order valence-corrected chi connectivity index (χ0v) is 9.88. The fraction of sp³-hybridized carbons (Fsp3) is 0.909. The van der Waals surface area contributed by atoms with Crippen molar-refractivity contribution in [2.24, 2.45) is 5.92 Å². The molecule has 1 unspecified atom stereocenters. The maximum absolute atomic E-state index is 11.7. The fourth-order valence-corrected chi connectivity index (χ4v) is 1.87. The van der Waals surface area contributed by atoms with Gasteiger partial charge in [0.05, 0.1) is 6.61 Å². The molecule has 0 aromatic carbocycles. The molecule has 0 spiro atoms.